The van der Waals surface area contributed by atoms with Gasteiger partial charge in [0.05, 0.1) is 7.11 Å². The van der Waals surface area contributed by atoms with E-state index in [2.05, 4.69) is 26.2 Å². The van der Waals surface area contributed by atoms with Gasteiger partial charge in [-0.05, 0) is 29.3 Å². The van der Waals surface area contributed by atoms with Crippen LogP contribution in [-0.4, -0.2) is 12.1 Å². The Kier molecular flexibility index (Phi) is 5.19. The molecule has 0 bridgehead atoms. The molecule has 5 heteroatoms. The van der Waals surface area contributed by atoms with Crippen LogP contribution in [0.4, 0.5) is 0 Å². The minimum Gasteiger partial charge on any atom is -0.481 e. The number of hydrogen-bond donors (Lipinski definition) is 1. The van der Waals surface area contributed by atoms with Crippen LogP contribution in [0.25, 0.3) is 0 Å². The maximum Gasteiger partial charge on any atom is 0.212 e. The van der Waals surface area contributed by atoms with E-state index in [9.17, 15) is 0 Å². The molecule has 0 atom stereocenters. The van der Waals surface area contributed by atoms with E-state index < -0.39 is 0 Å². The molecule has 0 saturated carbocycles. The summed E-state index contributed by atoms with van der Waals surface area (Å²) in [5, 5.41) is 4.10. The molecule has 0 saturated heterocycles. The summed E-state index contributed by atoms with van der Waals surface area (Å²) >= 11 is 9.57. The van der Waals surface area contributed by atoms with Crippen LogP contribution < -0.4 is 10.1 Å². The fraction of sp³-hybridized carbons (Fsp3) is 0.214. The fourth-order valence-electron chi connectivity index (χ4n) is 1.66. The SMILES string of the molecule is COc1ccc(CNCc2cc(Br)ccc2Cl)cn1. The van der Waals surface area contributed by atoms with Crippen molar-refractivity contribution in [3.63, 3.8) is 0 Å². The van der Waals surface area contributed by atoms with Crippen molar-refractivity contribution in [2.75, 3.05) is 7.11 Å². The van der Waals surface area contributed by atoms with Gasteiger partial charge >= 0.3 is 0 Å². The Balaban J connectivity index is 1.90. The van der Waals surface area contributed by atoms with Gasteiger partial charge in [0.25, 0.3) is 0 Å². The second-order valence-corrected chi connectivity index (χ2v) is 5.37. The molecular weight excluding hydrogens is 328 g/mol. The first-order valence-corrected chi connectivity index (χ1v) is 6.99. The lowest BCUT2D eigenvalue weighted by atomic mass is 10.2. The number of aromatic nitrogens is 1. The Bertz CT molecular complexity index is 546. The van der Waals surface area contributed by atoms with E-state index in [0.717, 1.165) is 27.2 Å². The van der Waals surface area contributed by atoms with Crippen molar-refractivity contribution in [3.8, 4) is 5.88 Å². The Hall–Kier alpha value is -1.10. The lowest BCUT2D eigenvalue weighted by molar-refractivity contribution is 0.397. The van der Waals surface area contributed by atoms with Gasteiger partial charge in [-0.15, -0.1) is 0 Å². The van der Waals surface area contributed by atoms with E-state index >= 15 is 0 Å². The maximum absolute atomic E-state index is 6.13. The molecule has 2 rings (SSSR count). The van der Waals surface area contributed by atoms with Gasteiger partial charge in [-0.2, -0.15) is 0 Å². The third-order valence-corrected chi connectivity index (χ3v) is 3.52. The van der Waals surface area contributed by atoms with Crippen LogP contribution in [0.1, 0.15) is 11.1 Å². The summed E-state index contributed by atoms with van der Waals surface area (Å²) in [5.74, 6) is 0.624. The second kappa shape index (κ2) is 6.89. The van der Waals surface area contributed by atoms with Gasteiger partial charge in [0, 0.05) is 34.8 Å². The molecule has 1 heterocycles. The van der Waals surface area contributed by atoms with E-state index in [4.69, 9.17) is 16.3 Å². The van der Waals surface area contributed by atoms with Crippen LogP contribution in [0.5, 0.6) is 5.88 Å². The number of ether oxygens (including phenoxy) is 1. The Morgan fingerprint density at radius 2 is 2.11 bits per heavy atom. The van der Waals surface area contributed by atoms with Crippen LogP contribution in [0, 0.1) is 0 Å². The first-order valence-electron chi connectivity index (χ1n) is 5.82. The van der Waals surface area contributed by atoms with Crippen molar-refractivity contribution < 1.29 is 4.74 Å². The molecule has 0 aliphatic heterocycles. The molecule has 0 unspecified atom stereocenters. The zero-order chi connectivity index (χ0) is 13.7. The van der Waals surface area contributed by atoms with E-state index in [0.29, 0.717) is 12.4 Å². The largest absolute Gasteiger partial charge is 0.481 e. The van der Waals surface area contributed by atoms with Crippen molar-refractivity contribution in [1.82, 2.24) is 10.3 Å². The summed E-state index contributed by atoms with van der Waals surface area (Å²) in [7, 11) is 1.61. The number of benzene rings is 1. The average Bonchev–Trinajstić information content (AvgIpc) is 2.43. The average molecular weight is 342 g/mol. The number of nitrogens with one attached hydrogen (secondary N) is 1. The van der Waals surface area contributed by atoms with Crippen LogP contribution in [-0.2, 0) is 13.1 Å². The van der Waals surface area contributed by atoms with Crippen molar-refractivity contribution in [2.24, 2.45) is 0 Å². The zero-order valence-corrected chi connectivity index (χ0v) is 12.8. The van der Waals surface area contributed by atoms with Crippen LogP contribution >= 0.6 is 27.5 Å². The highest BCUT2D eigenvalue weighted by Gasteiger charge is 2.01. The molecule has 0 aliphatic carbocycles. The molecule has 1 N–H and O–H groups in total. The van der Waals surface area contributed by atoms with Crippen molar-refractivity contribution in [3.05, 3.63) is 57.2 Å². The van der Waals surface area contributed by atoms with Gasteiger partial charge in [0.15, 0.2) is 0 Å². The predicted molar refractivity (Wildman–Crippen MR) is 80.5 cm³/mol. The highest BCUT2D eigenvalue weighted by molar-refractivity contribution is 9.10. The van der Waals surface area contributed by atoms with Gasteiger partial charge in [0.2, 0.25) is 5.88 Å². The van der Waals surface area contributed by atoms with Crippen LogP contribution in [0.15, 0.2) is 41.0 Å². The van der Waals surface area contributed by atoms with E-state index in [1.807, 2.05) is 30.3 Å². The van der Waals surface area contributed by atoms with Crippen molar-refractivity contribution in [1.29, 1.82) is 0 Å². The standard InChI is InChI=1S/C14H14BrClN2O/c1-19-14-5-2-10(8-18-14)7-17-9-11-6-12(15)3-4-13(11)16/h2-6,8,17H,7,9H2,1H3. The zero-order valence-electron chi connectivity index (χ0n) is 10.5. The number of halogens is 2. The number of methoxy groups -OCH3 is 1. The molecule has 0 fully saturated rings. The summed E-state index contributed by atoms with van der Waals surface area (Å²) in [6, 6.07) is 9.67. The summed E-state index contributed by atoms with van der Waals surface area (Å²) in [6.07, 6.45) is 1.80. The Morgan fingerprint density at radius 1 is 1.26 bits per heavy atom. The van der Waals surface area contributed by atoms with Gasteiger partial charge < -0.3 is 10.1 Å². The first-order chi connectivity index (χ1) is 9.19. The fourth-order valence-corrected chi connectivity index (χ4v) is 2.25. The van der Waals surface area contributed by atoms with E-state index in [-0.39, 0.29) is 0 Å². The first kappa shape index (κ1) is 14.3. The Morgan fingerprint density at radius 3 is 2.79 bits per heavy atom. The molecule has 0 aliphatic rings. The summed E-state index contributed by atoms with van der Waals surface area (Å²) in [4.78, 5) is 4.16. The third kappa shape index (κ3) is 4.20. The molecule has 100 valence electrons. The van der Waals surface area contributed by atoms with E-state index in [1.54, 1.807) is 13.3 Å². The molecule has 1 aromatic heterocycles. The third-order valence-electron chi connectivity index (χ3n) is 2.66. The monoisotopic (exact) mass is 340 g/mol. The number of pyridine rings is 1. The molecule has 0 radical (unpaired) electrons. The quantitative estimate of drug-likeness (QED) is 0.898. The molecule has 0 amide bonds. The highest BCUT2D eigenvalue weighted by atomic mass is 79.9. The normalized spacial score (nSPS) is 10.5. The van der Waals surface area contributed by atoms with Crippen molar-refractivity contribution in [2.45, 2.75) is 13.1 Å². The lowest BCUT2D eigenvalue weighted by Gasteiger charge is -2.07. The molecule has 19 heavy (non-hydrogen) atoms. The predicted octanol–water partition coefficient (Wildman–Crippen LogP) is 3.80. The maximum atomic E-state index is 6.13. The summed E-state index contributed by atoms with van der Waals surface area (Å²) in [6.45, 7) is 1.45. The van der Waals surface area contributed by atoms with E-state index in [1.165, 1.54) is 0 Å². The van der Waals surface area contributed by atoms with Gasteiger partial charge in [-0.3, -0.25) is 0 Å². The number of rotatable bonds is 5. The topological polar surface area (TPSA) is 34.1 Å². The van der Waals surface area contributed by atoms with Gasteiger partial charge in [-0.25, -0.2) is 4.98 Å². The number of nitrogens with zero attached hydrogens (tertiary/aromatic N) is 1. The number of hydrogen-bond acceptors (Lipinski definition) is 3. The van der Waals surface area contributed by atoms with Crippen molar-refractivity contribution >= 4 is 27.5 Å². The molecule has 3 nitrogen and oxygen atoms in total. The van der Waals surface area contributed by atoms with Gasteiger partial charge in [0.1, 0.15) is 0 Å². The highest BCUT2D eigenvalue weighted by Crippen LogP contribution is 2.20. The van der Waals surface area contributed by atoms with Crippen LogP contribution in [0.3, 0.4) is 0 Å². The van der Waals surface area contributed by atoms with Gasteiger partial charge in [-0.1, -0.05) is 33.6 Å². The van der Waals surface area contributed by atoms with Crippen LogP contribution in [0.2, 0.25) is 5.02 Å². The lowest BCUT2D eigenvalue weighted by Crippen LogP contribution is -2.13. The Labute approximate surface area is 126 Å². The minimum atomic E-state index is 0.624. The summed E-state index contributed by atoms with van der Waals surface area (Å²) < 4.78 is 6.05. The molecule has 2 aromatic rings. The molecule has 0 spiro atoms. The molecule has 1 aromatic carbocycles. The minimum absolute atomic E-state index is 0.624. The molecular formula is C14H14BrClN2O. The smallest absolute Gasteiger partial charge is 0.212 e. The second-order valence-electron chi connectivity index (χ2n) is 4.05. The summed E-state index contributed by atoms with van der Waals surface area (Å²) in [5.41, 5.74) is 2.17.